The number of aromatic nitrogens is 3. The zero-order valence-corrected chi connectivity index (χ0v) is 15.1. The summed E-state index contributed by atoms with van der Waals surface area (Å²) in [6.07, 6.45) is 1.90. The van der Waals surface area contributed by atoms with Crippen LogP contribution in [0.15, 0.2) is 72.9 Å². The Kier molecular flexibility index (Phi) is 4.40. The first-order valence-corrected chi connectivity index (χ1v) is 8.96. The van der Waals surface area contributed by atoms with Crippen LogP contribution < -0.4 is 5.32 Å². The number of anilines is 1. The van der Waals surface area contributed by atoms with Gasteiger partial charge in [-0.2, -0.15) is 9.61 Å². The molecule has 0 spiro atoms. The maximum absolute atomic E-state index is 4.93. The molecule has 4 nitrogen and oxygen atoms in total. The van der Waals surface area contributed by atoms with E-state index in [9.17, 15) is 0 Å². The largest absolute Gasteiger partial charge is 0.370 e. The molecule has 0 unspecified atom stereocenters. The van der Waals surface area contributed by atoms with E-state index in [1.807, 2.05) is 47.1 Å². The Hall–Kier alpha value is -3.14. The van der Waals surface area contributed by atoms with Crippen molar-refractivity contribution < 1.29 is 0 Å². The van der Waals surface area contributed by atoms with Crippen molar-refractivity contribution in [1.29, 1.82) is 0 Å². The maximum Gasteiger partial charge on any atom is 0.165 e. The summed E-state index contributed by atoms with van der Waals surface area (Å²) in [5, 5.41) is 8.12. The second kappa shape index (κ2) is 7.00. The van der Waals surface area contributed by atoms with Crippen LogP contribution in [0.25, 0.3) is 28.0 Å². The third kappa shape index (κ3) is 3.18. The summed E-state index contributed by atoms with van der Waals surface area (Å²) in [7, 11) is 0. The minimum Gasteiger partial charge on any atom is -0.370 e. The van der Waals surface area contributed by atoms with Crippen molar-refractivity contribution in [3.8, 4) is 22.4 Å². The average Bonchev–Trinajstić information content (AvgIpc) is 3.11. The van der Waals surface area contributed by atoms with E-state index >= 15 is 0 Å². The highest BCUT2D eigenvalue weighted by Gasteiger charge is 2.14. The SMILES string of the molecule is CC(C)CNc1cc(-c2ccccc2)nc2c(-c3ccccc3)cnn12. The van der Waals surface area contributed by atoms with Crippen LogP contribution in [-0.2, 0) is 0 Å². The first-order valence-electron chi connectivity index (χ1n) is 8.96. The summed E-state index contributed by atoms with van der Waals surface area (Å²) in [6.45, 7) is 5.28. The van der Waals surface area contributed by atoms with E-state index in [-0.39, 0.29) is 0 Å². The summed E-state index contributed by atoms with van der Waals surface area (Å²) >= 11 is 0. The molecule has 4 aromatic rings. The van der Waals surface area contributed by atoms with Crippen molar-refractivity contribution in [3.05, 3.63) is 72.9 Å². The molecule has 0 radical (unpaired) electrons. The monoisotopic (exact) mass is 342 g/mol. The summed E-state index contributed by atoms with van der Waals surface area (Å²) in [5.41, 5.74) is 5.07. The van der Waals surface area contributed by atoms with Crippen LogP contribution in [-0.4, -0.2) is 21.1 Å². The van der Waals surface area contributed by atoms with Crippen molar-refractivity contribution in [2.75, 3.05) is 11.9 Å². The minimum absolute atomic E-state index is 0.544. The predicted molar refractivity (Wildman–Crippen MR) is 107 cm³/mol. The Morgan fingerprint density at radius 2 is 1.58 bits per heavy atom. The molecule has 4 heteroatoms. The van der Waals surface area contributed by atoms with E-state index < -0.39 is 0 Å². The lowest BCUT2D eigenvalue weighted by Gasteiger charge is -2.13. The van der Waals surface area contributed by atoms with Gasteiger partial charge >= 0.3 is 0 Å². The second-order valence-corrected chi connectivity index (χ2v) is 6.83. The second-order valence-electron chi connectivity index (χ2n) is 6.83. The molecule has 1 N–H and O–H groups in total. The molecule has 2 heterocycles. The summed E-state index contributed by atoms with van der Waals surface area (Å²) in [5.74, 6) is 1.51. The van der Waals surface area contributed by atoms with E-state index in [4.69, 9.17) is 4.98 Å². The van der Waals surface area contributed by atoms with Gasteiger partial charge in [0.2, 0.25) is 0 Å². The third-order valence-corrected chi connectivity index (χ3v) is 4.32. The molecular weight excluding hydrogens is 320 g/mol. The molecule has 0 fully saturated rings. The Bertz CT molecular complexity index is 1000. The van der Waals surface area contributed by atoms with E-state index in [0.717, 1.165) is 40.4 Å². The van der Waals surface area contributed by atoms with Gasteiger partial charge in [-0.3, -0.25) is 0 Å². The van der Waals surface area contributed by atoms with Crippen LogP contribution >= 0.6 is 0 Å². The van der Waals surface area contributed by atoms with Gasteiger partial charge in [-0.1, -0.05) is 74.5 Å². The van der Waals surface area contributed by atoms with Gasteiger partial charge in [0.1, 0.15) is 5.82 Å². The van der Waals surface area contributed by atoms with Gasteiger partial charge in [0.25, 0.3) is 0 Å². The van der Waals surface area contributed by atoms with Gasteiger partial charge in [0, 0.05) is 23.7 Å². The van der Waals surface area contributed by atoms with E-state index in [1.165, 1.54) is 0 Å². The highest BCUT2D eigenvalue weighted by atomic mass is 15.3. The van der Waals surface area contributed by atoms with Gasteiger partial charge in [0.15, 0.2) is 5.65 Å². The lowest BCUT2D eigenvalue weighted by Crippen LogP contribution is -2.12. The zero-order chi connectivity index (χ0) is 17.9. The molecule has 4 rings (SSSR count). The number of nitrogens with one attached hydrogen (secondary N) is 1. The summed E-state index contributed by atoms with van der Waals surface area (Å²) < 4.78 is 1.90. The smallest absolute Gasteiger partial charge is 0.165 e. The first-order chi connectivity index (χ1) is 12.7. The van der Waals surface area contributed by atoms with Crippen LogP contribution in [0.5, 0.6) is 0 Å². The fourth-order valence-electron chi connectivity index (χ4n) is 2.98. The van der Waals surface area contributed by atoms with Gasteiger partial charge in [-0.25, -0.2) is 4.98 Å². The Morgan fingerprint density at radius 1 is 0.923 bits per heavy atom. The standard InChI is InChI=1S/C22H22N4/c1-16(2)14-23-21-13-20(18-11-7-4-8-12-18)25-22-19(15-24-26(21)22)17-9-5-3-6-10-17/h3-13,15-16,23H,14H2,1-2H3. The molecule has 2 aromatic carbocycles. The predicted octanol–water partition coefficient (Wildman–Crippen LogP) is 5.13. The van der Waals surface area contributed by atoms with E-state index in [0.29, 0.717) is 5.92 Å². The van der Waals surface area contributed by atoms with Crippen LogP contribution in [0.2, 0.25) is 0 Å². The Morgan fingerprint density at radius 3 is 2.23 bits per heavy atom. The summed E-state index contributed by atoms with van der Waals surface area (Å²) in [4.78, 5) is 4.93. The Balaban J connectivity index is 1.90. The van der Waals surface area contributed by atoms with Crippen LogP contribution in [0, 0.1) is 5.92 Å². The molecule has 0 aliphatic rings. The molecule has 0 amide bonds. The molecule has 0 aliphatic carbocycles. The van der Waals surface area contributed by atoms with Crippen molar-refractivity contribution in [3.63, 3.8) is 0 Å². The van der Waals surface area contributed by atoms with Crippen molar-refractivity contribution in [1.82, 2.24) is 14.6 Å². The molecule has 0 atom stereocenters. The highest BCUT2D eigenvalue weighted by molar-refractivity contribution is 5.80. The Labute approximate surface area is 153 Å². The minimum atomic E-state index is 0.544. The fraction of sp³-hybridized carbons (Fsp3) is 0.182. The average molecular weight is 342 g/mol. The van der Waals surface area contributed by atoms with E-state index in [2.05, 4.69) is 54.6 Å². The molecule has 2 aromatic heterocycles. The zero-order valence-electron chi connectivity index (χ0n) is 15.1. The molecule has 0 bridgehead atoms. The number of benzene rings is 2. The number of fused-ring (bicyclic) bond motifs is 1. The fourth-order valence-corrected chi connectivity index (χ4v) is 2.98. The molecular formula is C22H22N4. The van der Waals surface area contributed by atoms with Crippen LogP contribution in [0.4, 0.5) is 5.82 Å². The normalized spacial score (nSPS) is 11.2. The number of nitrogens with zero attached hydrogens (tertiary/aromatic N) is 3. The van der Waals surface area contributed by atoms with Crippen molar-refractivity contribution in [2.45, 2.75) is 13.8 Å². The summed E-state index contributed by atoms with van der Waals surface area (Å²) in [6, 6.07) is 22.6. The van der Waals surface area contributed by atoms with Crippen molar-refractivity contribution >= 4 is 11.5 Å². The lowest BCUT2D eigenvalue weighted by atomic mass is 10.1. The quantitative estimate of drug-likeness (QED) is 0.546. The number of hydrogen-bond donors (Lipinski definition) is 1. The topological polar surface area (TPSA) is 42.2 Å². The van der Waals surface area contributed by atoms with Gasteiger partial charge in [-0.05, 0) is 11.5 Å². The molecule has 0 saturated heterocycles. The van der Waals surface area contributed by atoms with E-state index in [1.54, 1.807) is 0 Å². The molecule has 0 saturated carbocycles. The number of hydrogen-bond acceptors (Lipinski definition) is 3. The maximum atomic E-state index is 4.93. The van der Waals surface area contributed by atoms with Crippen LogP contribution in [0.3, 0.4) is 0 Å². The van der Waals surface area contributed by atoms with Crippen LogP contribution in [0.1, 0.15) is 13.8 Å². The van der Waals surface area contributed by atoms with Gasteiger partial charge < -0.3 is 5.32 Å². The lowest BCUT2D eigenvalue weighted by molar-refractivity contribution is 0.684. The van der Waals surface area contributed by atoms with Gasteiger partial charge in [-0.15, -0.1) is 0 Å². The molecule has 0 aliphatic heterocycles. The number of rotatable bonds is 5. The van der Waals surface area contributed by atoms with Crippen molar-refractivity contribution in [2.24, 2.45) is 5.92 Å². The molecule has 130 valence electrons. The first kappa shape index (κ1) is 16.3. The highest BCUT2D eigenvalue weighted by Crippen LogP contribution is 2.28. The molecule has 26 heavy (non-hydrogen) atoms. The van der Waals surface area contributed by atoms with Gasteiger partial charge in [0.05, 0.1) is 11.9 Å². The third-order valence-electron chi connectivity index (χ3n) is 4.32.